The highest BCUT2D eigenvalue weighted by molar-refractivity contribution is 7.91. The molecule has 2 N–H and O–H groups in total. The van der Waals surface area contributed by atoms with Gasteiger partial charge in [0.2, 0.25) is 0 Å². The maximum atomic E-state index is 12.6. The van der Waals surface area contributed by atoms with Gasteiger partial charge in [0.15, 0.2) is 19.7 Å². The molecule has 0 aliphatic rings. The van der Waals surface area contributed by atoms with Crippen molar-refractivity contribution < 1.29 is 40.8 Å². The summed E-state index contributed by atoms with van der Waals surface area (Å²) in [7, 11) is -1.38. The predicted octanol–water partition coefficient (Wildman–Crippen LogP) is 5.29. The average Bonchev–Trinajstić information content (AvgIpc) is 3.14. The minimum Gasteiger partial charge on any atom is -0.453 e. The molecule has 52 heavy (non-hydrogen) atoms. The van der Waals surface area contributed by atoms with E-state index in [0.29, 0.717) is 42.7 Å². The number of anilines is 1. The van der Waals surface area contributed by atoms with Crippen LogP contribution in [-0.4, -0.2) is 85.1 Å². The SMILES string of the molecule is COC(=O)N(C)CCc1ccc(N)c(CS(=O)(=O)c2ccccc2)c1.COC(=O)N(C)CCc1ccc([N+](=O)[O-])c(CS(=O)(=O)c2ccccc2)c1. The fourth-order valence-electron chi connectivity index (χ4n) is 4.95. The Bertz CT molecular complexity index is 2060. The number of nitro benzene ring substituents is 1. The number of sulfone groups is 2. The number of carbonyl (C=O) groups excluding carboxylic acids is 2. The van der Waals surface area contributed by atoms with Crippen LogP contribution < -0.4 is 5.73 Å². The van der Waals surface area contributed by atoms with Gasteiger partial charge in [-0.2, -0.15) is 0 Å². The van der Waals surface area contributed by atoms with Crippen molar-refractivity contribution in [1.82, 2.24) is 9.80 Å². The summed E-state index contributed by atoms with van der Waals surface area (Å²) < 4.78 is 59.5. The predicted molar refractivity (Wildman–Crippen MR) is 196 cm³/mol. The summed E-state index contributed by atoms with van der Waals surface area (Å²) in [5.41, 5.74) is 8.40. The van der Waals surface area contributed by atoms with Gasteiger partial charge >= 0.3 is 12.2 Å². The Morgan fingerprint density at radius 1 is 0.673 bits per heavy atom. The van der Waals surface area contributed by atoms with E-state index in [0.717, 1.165) is 5.56 Å². The Hall–Kier alpha value is -5.48. The number of ether oxygens (including phenoxy) is 2. The van der Waals surface area contributed by atoms with Crippen LogP contribution in [0.2, 0.25) is 0 Å². The van der Waals surface area contributed by atoms with Gasteiger partial charge in [-0.1, -0.05) is 54.6 Å². The third-order valence-electron chi connectivity index (χ3n) is 7.89. The van der Waals surface area contributed by atoms with Crippen molar-refractivity contribution in [3.8, 4) is 0 Å². The van der Waals surface area contributed by atoms with Crippen LogP contribution in [0.3, 0.4) is 0 Å². The first-order chi connectivity index (χ1) is 24.6. The molecule has 16 heteroatoms. The zero-order chi connectivity index (χ0) is 38.5. The normalized spacial score (nSPS) is 11.1. The van der Waals surface area contributed by atoms with E-state index in [9.17, 15) is 36.5 Å². The van der Waals surface area contributed by atoms with Crippen LogP contribution in [0, 0.1) is 10.1 Å². The van der Waals surface area contributed by atoms with Crippen LogP contribution in [0.5, 0.6) is 0 Å². The van der Waals surface area contributed by atoms with Crippen molar-refractivity contribution in [3.05, 3.63) is 129 Å². The van der Waals surface area contributed by atoms with Crippen molar-refractivity contribution in [1.29, 1.82) is 0 Å². The molecule has 0 atom stereocenters. The second kappa shape index (κ2) is 18.7. The number of nitrogens with zero attached hydrogens (tertiary/aromatic N) is 3. The Labute approximate surface area is 303 Å². The summed E-state index contributed by atoms with van der Waals surface area (Å²) in [5, 5.41) is 11.3. The topological polar surface area (TPSA) is 197 Å². The molecule has 14 nitrogen and oxygen atoms in total. The van der Waals surface area contributed by atoms with Gasteiger partial charge in [-0.15, -0.1) is 0 Å². The monoisotopic (exact) mass is 754 g/mol. The molecule has 2 amide bonds. The summed E-state index contributed by atoms with van der Waals surface area (Å²) in [6.07, 6.45) is 0.0674. The highest BCUT2D eigenvalue weighted by Crippen LogP contribution is 2.26. The molecule has 0 fully saturated rings. The lowest BCUT2D eigenvalue weighted by Gasteiger charge is -2.16. The van der Waals surface area contributed by atoms with Crippen molar-refractivity contribution in [2.24, 2.45) is 0 Å². The lowest BCUT2D eigenvalue weighted by atomic mass is 10.1. The van der Waals surface area contributed by atoms with E-state index in [1.165, 1.54) is 48.3 Å². The van der Waals surface area contributed by atoms with Crippen LogP contribution in [-0.2, 0) is 53.5 Å². The molecule has 0 bridgehead atoms. The molecule has 0 unspecified atom stereocenters. The molecule has 4 aromatic rings. The highest BCUT2D eigenvalue weighted by Gasteiger charge is 2.23. The zero-order valence-corrected chi connectivity index (χ0v) is 30.9. The van der Waals surface area contributed by atoms with Gasteiger partial charge < -0.3 is 25.0 Å². The molecule has 4 aromatic carbocycles. The maximum absolute atomic E-state index is 12.6. The van der Waals surface area contributed by atoms with E-state index in [1.54, 1.807) is 80.8 Å². The van der Waals surface area contributed by atoms with Gasteiger partial charge in [0.1, 0.15) is 0 Å². The summed E-state index contributed by atoms with van der Waals surface area (Å²) >= 11 is 0. The number of nitro groups is 1. The molecule has 0 radical (unpaired) electrons. The third-order valence-corrected chi connectivity index (χ3v) is 11.3. The van der Waals surface area contributed by atoms with Crippen LogP contribution in [0.4, 0.5) is 21.0 Å². The number of methoxy groups -OCH3 is 2. The van der Waals surface area contributed by atoms with E-state index >= 15 is 0 Å². The molecular formula is C36H42N4O10S2. The summed E-state index contributed by atoms with van der Waals surface area (Å²) in [6.45, 7) is 0.789. The van der Waals surface area contributed by atoms with E-state index in [1.807, 2.05) is 6.07 Å². The van der Waals surface area contributed by atoms with Crippen molar-refractivity contribution >= 4 is 43.2 Å². The molecule has 0 aliphatic heterocycles. The number of carbonyl (C=O) groups is 2. The van der Waals surface area contributed by atoms with E-state index in [4.69, 9.17) is 5.73 Å². The van der Waals surface area contributed by atoms with Gasteiger partial charge in [0.25, 0.3) is 5.69 Å². The maximum Gasteiger partial charge on any atom is 0.409 e. The van der Waals surface area contributed by atoms with Gasteiger partial charge in [-0.25, -0.2) is 26.4 Å². The number of hydrogen-bond donors (Lipinski definition) is 1. The molecular weight excluding hydrogens is 713 g/mol. The largest absolute Gasteiger partial charge is 0.453 e. The van der Waals surface area contributed by atoms with Crippen LogP contribution >= 0.6 is 0 Å². The Kier molecular flexibility index (Phi) is 14.7. The van der Waals surface area contributed by atoms with Gasteiger partial charge in [0, 0.05) is 44.5 Å². The highest BCUT2D eigenvalue weighted by atomic mass is 32.2. The van der Waals surface area contributed by atoms with Gasteiger partial charge in [-0.3, -0.25) is 10.1 Å². The lowest BCUT2D eigenvalue weighted by molar-refractivity contribution is -0.385. The fourth-order valence-corrected chi connectivity index (χ4v) is 7.72. The minimum atomic E-state index is -3.72. The van der Waals surface area contributed by atoms with Gasteiger partial charge in [0.05, 0.1) is 40.4 Å². The first-order valence-electron chi connectivity index (χ1n) is 15.8. The third kappa shape index (κ3) is 11.8. The van der Waals surface area contributed by atoms with Crippen LogP contribution in [0.15, 0.2) is 107 Å². The Morgan fingerprint density at radius 2 is 1.08 bits per heavy atom. The molecule has 0 saturated carbocycles. The average molecular weight is 755 g/mol. The first kappa shape index (κ1) is 40.9. The molecule has 278 valence electrons. The lowest BCUT2D eigenvalue weighted by Crippen LogP contribution is -2.28. The van der Waals surface area contributed by atoms with Crippen LogP contribution in [0.25, 0.3) is 0 Å². The molecule has 0 aromatic heterocycles. The number of hydrogen-bond acceptors (Lipinski definition) is 11. The van der Waals surface area contributed by atoms with Crippen molar-refractivity contribution in [2.75, 3.05) is 47.1 Å². The fraction of sp³-hybridized carbons (Fsp3) is 0.278. The quantitative estimate of drug-likeness (QED) is 0.106. The molecule has 0 spiro atoms. The van der Waals surface area contributed by atoms with E-state index in [2.05, 4.69) is 9.47 Å². The molecule has 4 rings (SSSR count). The molecule has 0 saturated heterocycles. The van der Waals surface area contributed by atoms with Crippen molar-refractivity contribution in [2.45, 2.75) is 34.1 Å². The summed E-state index contributed by atoms with van der Waals surface area (Å²) in [5.74, 6) is -0.641. The summed E-state index contributed by atoms with van der Waals surface area (Å²) in [6, 6.07) is 25.8. The smallest absolute Gasteiger partial charge is 0.409 e. The van der Waals surface area contributed by atoms with Crippen LogP contribution in [0.1, 0.15) is 22.3 Å². The van der Waals surface area contributed by atoms with Crippen molar-refractivity contribution in [3.63, 3.8) is 0 Å². The molecule has 0 heterocycles. The second-order valence-electron chi connectivity index (χ2n) is 11.7. The minimum absolute atomic E-state index is 0.107. The number of rotatable bonds is 13. The van der Waals surface area contributed by atoms with E-state index < -0.39 is 42.5 Å². The Balaban J connectivity index is 0.000000281. The Morgan fingerprint density at radius 3 is 1.50 bits per heavy atom. The molecule has 0 aliphatic carbocycles. The van der Waals surface area contributed by atoms with E-state index in [-0.39, 0.29) is 26.8 Å². The number of benzene rings is 4. The summed E-state index contributed by atoms with van der Waals surface area (Å²) in [4.78, 5) is 36.7. The van der Waals surface area contributed by atoms with Gasteiger partial charge in [-0.05, 0) is 65.9 Å². The standard InChI is InChI=1S/C18H20N2O6S.C18H22N2O4S/c1-19(18(21)26-2)11-10-14-8-9-17(20(22)23)15(12-14)13-27(24,25)16-6-4-3-5-7-16;1-20(18(21)24-2)11-10-14-8-9-17(19)15(12-14)13-25(22,23)16-6-4-3-5-7-16/h3-9,12H,10-11,13H2,1-2H3;3-9,12H,10-11,13,19H2,1-2H3. The second-order valence-corrected chi connectivity index (χ2v) is 15.7. The zero-order valence-electron chi connectivity index (χ0n) is 29.3. The first-order valence-corrected chi connectivity index (χ1v) is 19.2. The number of nitrogen functional groups attached to an aromatic ring is 1. The number of likely N-dealkylation sites (N-methyl/N-ethyl adjacent to an activating group) is 2. The number of nitrogens with two attached hydrogens (primary N) is 1. The number of amides is 2.